The van der Waals surface area contributed by atoms with Crippen molar-refractivity contribution >= 4 is 59.6 Å². The van der Waals surface area contributed by atoms with Crippen molar-refractivity contribution in [3.8, 4) is 22.7 Å². The van der Waals surface area contributed by atoms with E-state index in [0.29, 0.717) is 26.6 Å². The highest BCUT2D eigenvalue weighted by molar-refractivity contribution is 8.13. The molecule has 2 heterocycles. The number of halogens is 5. The minimum absolute atomic E-state index is 0.0104. The number of rotatable bonds is 16. The average Bonchev–Trinajstić information content (AvgIpc) is 3.18. The second-order valence-corrected chi connectivity index (χ2v) is 18.3. The first-order valence-electron chi connectivity index (χ1n) is 19.1. The third kappa shape index (κ3) is 18.4. The lowest BCUT2D eigenvalue weighted by Gasteiger charge is -2.15. The van der Waals surface area contributed by atoms with Crippen LogP contribution in [0.3, 0.4) is 0 Å². The molecule has 4 aromatic rings. The molecule has 62 heavy (non-hydrogen) atoms. The number of nitrogens with zero attached hydrogens (tertiary/aromatic N) is 4. The first-order chi connectivity index (χ1) is 29.0. The van der Waals surface area contributed by atoms with Crippen LogP contribution in [0.1, 0.15) is 81.8 Å². The summed E-state index contributed by atoms with van der Waals surface area (Å²) in [6, 6.07) is 13.9. The van der Waals surface area contributed by atoms with E-state index in [0.717, 1.165) is 37.3 Å². The van der Waals surface area contributed by atoms with E-state index in [9.17, 15) is 41.7 Å². The van der Waals surface area contributed by atoms with Crippen molar-refractivity contribution in [1.29, 1.82) is 0 Å². The zero-order chi connectivity index (χ0) is 46.8. The Balaban J connectivity index is 0.000000346. The van der Waals surface area contributed by atoms with Gasteiger partial charge in [-0.05, 0) is 56.7 Å². The zero-order valence-electron chi connectivity index (χ0n) is 34.6. The van der Waals surface area contributed by atoms with Crippen LogP contribution in [-0.4, -0.2) is 77.3 Å². The predicted molar refractivity (Wildman–Crippen MR) is 233 cm³/mol. The number of alkyl halides is 3. The Kier molecular flexibility index (Phi) is 22.1. The molecule has 0 aliphatic rings. The van der Waals surface area contributed by atoms with E-state index in [2.05, 4.69) is 17.1 Å². The summed E-state index contributed by atoms with van der Waals surface area (Å²) >= 11 is 13.0. The maximum atomic E-state index is 12.9. The third-order valence-corrected chi connectivity index (χ3v) is 10.7. The molecule has 4 rings (SSSR count). The quantitative estimate of drug-likeness (QED) is 0.0542. The fraction of sp³-hybridized carbons (Fsp3) is 0.425. The molecule has 340 valence electrons. The average molecular weight is 951 g/mol. The van der Waals surface area contributed by atoms with Gasteiger partial charge in [-0.25, -0.2) is 19.0 Å². The number of benzene rings is 2. The minimum Gasteiger partial charge on any atom is -0.480 e. The van der Waals surface area contributed by atoms with Crippen molar-refractivity contribution in [2.45, 2.75) is 84.0 Å². The molecule has 0 aliphatic carbocycles. The Bertz CT molecular complexity index is 2290. The van der Waals surface area contributed by atoms with Crippen LogP contribution in [-0.2, 0) is 27.3 Å². The monoisotopic (exact) mass is 949 g/mol. The van der Waals surface area contributed by atoms with Gasteiger partial charge in [0.05, 0.1) is 22.4 Å². The van der Waals surface area contributed by atoms with Gasteiger partial charge in [-0.3, -0.25) is 18.7 Å². The third-order valence-electron chi connectivity index (χ3n) is 8.24. The normalized spacial score (nSPS) is 12.5. The fourth-order valence-electron chi connectivity index (χ4n) is 5.11. The van der Waals surface area contributed by atoms with Gasteiger partial charge in [0.25, 0.3) is 5.56 Å². The smallest absolute Gasteiger partial charge is 0.431 e. The highest BCUT2D eigenvalue weighted by atomic mass is 35.5. The number of carboxylic acid groups (broad SMARTS) is 1. The standard InChI is InChI=1S/C19H23ClN2O2S.C16H14ClF3N2O4.C5H12NO4P/c1-2-3-4-5-6-10-13-25-19(23)24-16-14-17(20)21-22-18(16)15-11-8-7-9-12-15;1-8(2)26-14(24)10-6-9(4-5-11(10)17)22-13(23)7-12(16(18,19)20)21(3)15(22)25;1-11(9,10)3-2-4(6)5(7)8/h7-9,11-12,14H,2-6,10,13H2,1H3;4-8H,1-3H3;4H,2-3,6H2,1H3,(H,7,8)(H,9,10). The van der Waals surface area contributed by atoms with Crippen LogP contribution in [0.4, 0.5) is 18.0 Å². The minimum atomic E-state index is -4.86. The molecule has 0 spiro atoms. The van der Waals surface area contributed by atoms with Crippen molar-refractivity contribution in [3.05, 3.63) is 103 Å². The highest BCUT2D eigenvalue weighted by Crippen LogP contribution is 2.36. The molecule has 4 N–H and O–H groups in total. The largest absolute Gasteiger partial charge is 0.480 e. The fourth-order valence-corrected chi connectivity index (χ4v) is 6.86. The Morgan fingerprint density at radius 1 is 0.968 bits per heavy atom. The lowest BCUT2D eigenvalue weighted by molar-refractivity contribution is -0.144. The number of ether oxygens (including phenoxy) is 2. The van der Waals surface area contributed by atoms with Crippen molar-refractivity contribution in [3.63, 3.8) is 0 Å². The summed E-state index contributed by atoms with van der Waals surface area (Å²) in [6.07, 6.45) is 1.89. The van der Waals surface area contributed by atoms with Gasteiger partial charge in [0, 0.05) is 43.3 Å². The van der Waals surface area contributed by atoms with Gasteiger partial charge >= 0.3 is 29.1 Å². The molecule has 2 unspecified atom stereocenters. The molecular weight excluding hydrogens is 901 g/mol. The molecular formula is C40H49Cl2F3N5O10PS. The highest BCUT2D eigenvalue weighted by Gasteiger charge is 2.35. The van der Waals surface area contributed by atoms with Crippen LogP contribution in [0.25, 0.3) is 16.9 Å². The van der Waals surface area contributed by atoms with Crippen LogP contribution in [0.2, 0.25) is 10.2 Å². The van der Waals surface area contributed by atoms with Crippen molar-refractivity contribution in [1.82, 2.24) is 19.3 Å². The molecule has 0 amide bonds. The van der Waals surface area contributed by atoms with Crippen LogP contribution >= 0.6 is 42.3 Å². The SMILES string of the molecule is CC(C)OC(=O)c1cc(-n2c(=O)cc(C(F)(F)F)n(C)c2=O)ccc1Cl.CCCCCCCCSC(=O)Oc1cc(Cl)nnc1-c1ccccc1.CP(=O)(O)CCC(N)C(=O)O. The summed E-state index contributed by atoms with van der Waals surface area (Å²) in [6.45, 7) is 6.62. The topological polar surface area (TPSA) is 223 Å². The second-order valence-electron chi connectivity index (χ2n) is 13.9. The van der Waals surface area contributed by atoms with Gasteiger partial charge in [-0.2, -0.15) is 13.2 Å². The van der Waals surface area contributed by atoms with Crippen LogP contribution in [0, 0.1) is 0 Å². The van der Waals surface area contributed by atoms with E-state index in [1.807, 2.05) is 30.3 Å². The Labute approximate surface area is 370 Å². The summed E-state index contributed by atoms with van der Waals surface area (Å²) in [4.78, 5) is 67.4. The molecule has 0 radical (unpaired) electrons. The number of aromatic nitrogens is 4. The van der Waals surface area contributed by atoms with Gasteiger partial charge < -0.3 is 25.2 Å². The first kappa shape index (κ1) is 53.6. The number of esters is 1. The number of hydrogen-bond acceptors (Lipinski definition) is 12. The van der Waals surface area contributed by atoms with Gasteiger partial charge in [-0.15, -0.1) is 10.2 Å². The zero-order valence-corrected chi connectivity index (χ0v) is 37.8. The van der Waals surface area contributed by atoms with Crippen LogP contribution in [0.5, 0.6) is 5.75 Å². The van der Waals surface area contributed by atoms with E-state index >= 15 is 0 Å². The number of thioether (sulfide) groups is 1. The van der Waals surface area contributed by atoms with Gasteiger partial charge in [0.1, 0.15) is 17.4 Å². The molecule has 0 bridgehead atoms. The van der Waals surface area contributed by atoms with Crippen molar-refractivity contribution < 1.29 is 51.6 Å². The summed E-state index contributed by atoms with van der Waals surface area (Å²) in [5.74, 6) is -0.827. The number of nitrogens with two attached hydrogens (primary N) is 1. The van der Waals surface area contributed by atoms with Crippen LogP contribution < -0.4 is 21.7 Å². The van der Waals surface area contributed by atoms with E-state index in [1.165, 1.54) is 62.3 Å². The van der Waals surface area contributed by atoms with E-state index in [-0.39, 0.29) is 39.3 Å². The Morgan fingerprint density at radius 2 is 1.60 bits per heavy atom. The van der Waals surface area contributed by atoms with Gasteiger partial charge in [0.15, 0.2) is 18.3 Å². The molecule has 0 fully saturated rings. The number of carbonyl (C=O) groups excluding carboxylic acids is 2. The van der Waals surface area contributed by atoms with Gasteiger partial charge in [0.2, 0.25) is 0 Å². The molecule has 0 aliphatic heterocycles. The number of hydrogen-bond donors (Lipinski definition) is 3. The van der Waals surface area contributed by atoms with Crippen molar-refractivity contribution in [2.75, 3.05) is 18.6 Å². The first-order valence-corrected chi connectivity index (χ1v) is 23.1. The summed E-state index contributed by atoms with van der Waals surface area (Å²) in [7, 11) is -2.21. The summed E-state index contributed by atoms with van der Waals surface area (Å²) in [5, 5.41) is 16.1. The molecule has 2 atom stereocenters. The maximum Gasteiger partial charge on any atom is 0.431 e. The maximum absolute atomic E-state index is 12.9. The Hall–Kier alpha value is -4.52. The molecule has 0 saturated heterocycles. The number of aliphatic carboxylic acids is 1. The number of carbonyl (C=O) groups is 3. The van der Waals surface area contributed by atoms with Crippen LogP contribution in [0.15, 0.2) is 70.3 Å². The molecule has 2 aromatic carbocycles. The lowest BCUT2D eigenvalue weighted by atomic mass is 10.1. The molecule has 0 saturated carbocycles. The number of unbranched alkanes of at least 4 members (excludes halogenated alkanes) is 5. The molecule has 22 heteroatoms. The van der Waals surface area contributed by atoms with Gasteiger partial charge in [-0.1, -0.05) is 92.6 Å². The lowest BCUT2D eigenvalue weighted by Crippen LogP contribution is -2.40. The van der Waals surface area contributed by atoms with Crippen molar-refractivity contribution in [2.24, 2.45) is 12.8 Å². The summed E-state index contributed by atoms with van der Waals surface area (Å²) < 4.78 is 60.6. The number of carboxylic acids is 1. The predicted octanol–water partition coefficient (Wildman–Crippen LogP) is 8.85. The second kappa shape index (κ2) is 25.6. The van der Waals surface area contributed by atoms with E-state index in [4.69, 9.17) is 48.4 Å². The summed E-state index contributed by atoms with van der Waals surface area (Å²) in [5.41, 5.74) is 2.43. The van der Waals surface area contributed by atoms with E-state index < -0.39 is 54.6 Å². The Morgan fingerprint density at radius 3 is 2.18 bits per heavy atom. The molecule has 2 aromatic heterocycles. The molecule has 15 nitrogen and oxygen atoms in total. The van der Waals surface area contributed by atoms with E-state index in [1.54, 1.807) is 13.8 Å².